The van der Waals surface area contributed by atoms with Crippen LogP contribution in [0.4, 0.5) is 0 Å². The van der Waals surface area contributed by atoms with Gasteiger partial charge in [0.05, 0.1) is 6.10 Å². The molecule has 56 valence electrons. The average molecular weight is 133 g/mol. The van der Waals surface area contributed by atoms with E-state index in [1.165, 1.54) is 0 Å². The zero-order chi connectivity index (χ0) is 7.11. The molecule has 0 heterocycles. The van der Waals surface area contributed by atoms with Crippen molar-refractivity contribution in [3.8, 4) is 0 Å². The fraction of sp³-hybridized carbons (Fsp3) is 1.00. The molecule has 0 aliphatic carbocycles. The van der Waals surface area contributed by atoms with E-state index in [0.717, 1.165) is 12.8 Å². The molecule has 0 aliphatic heterocycles. The summed E-state index contributed by atoms with van der Waals surface area (Å²) in [5.74, 6) is 0. The Bertz CT molecular complexity index is 59.0. The van der Waals surface area contributed by atoms with Gasteiger partial charge in [0.1, 0.15) is 0 Å². The molecule has 0 saturated heterocycles. The molecule has 0 spiro atoms. The zero-order valence-electron chi connectivity index (χ0n) is 5.58. The lowest BCUT2D eigenvalue weighted by Gasteiger charge is -2.04. The van der Waals surface area contributed by atoms with Gasteiger partial charge in [0, 0.05) is 13.2 Å². The van der Waals surface area contributed by atoms with E-state index in [1.807, 2.05) is 0 Å². The van der Waals surface area contributed by atoms with Crippen LogP contribution in [-0.2, 0) is 0 Å². The molecular weight excluding hydrogens is 118 g/mol. The van der Waals surface area contributed by atoms with Crippen molar-refractivity contribution in [3.63, 3.8) is 0 Å². The van der Waals surface area contributed by atoms with E-state index < -0.39 is 0 Å². The Labute approximate surface area is 55.5 Å². The summed E-state index contributed by atoms with van der Waals surface area (Å²) in [5, 5.41) is 17.2. The molecule has 0 bridgehead atoms. The van der Waals surface area contributed by atoms with Crippen LogP contribution in [0.5, 0.6) is 0 Å². The number of nitrogens with two attached hydrogens (primary N) is 1. The first-order valence-corrected chi connectivity index (χ1v) is 3.30. The normalized spacial score (nSPS) is 13.7. The Morgan fingerprint density at radius 3 is 2.44 bits per heavy atom. The number of aliphatic hydroxyl groups excluding tert-OH is 2. The first-order chi connectivity index (χ1) is 4.31. The molecule has 9 heavy (non-hydrogen) atoms. The van der Waals surface area contributed by atoms with E-state index in [9.17, 15) is 0 Å². The molecule has 0 amide bonds. The molecule has 0 aromatic rings. The van der Waals surface area contributed by atoms with Gasteiger partial charge >= 0.3 is 0 Å². The molecule has 0 aromatic heterocycles. The van der Waals surface area contributed by atoms with Gasteiger partial charge in [-0.1, -0.05) is 0 Å². The number of unbranched alkanes of at least 4 members (excludes halogenated alkanes) is 1. The molecule has 0 fully saturated rings. The van der Waals surface area contributed by atoms with Gasteiger partial charge in [-0.05, 0) is 19.3 Å². The van der Waals surface area contributed by atoms with Gasteiger partial charge < -0.3 is 15.9 Å². The molecule has 1 unspecified atom stereocenters. The minimum atomic E-state index is -0.378. The third-order valence-electron chi connectivity index (χ3n) is 1.22. The van der Waals surface area contributed by atoms with Gasteiger partial charge in [-0.25, -0.2) is 0 Å². The maximum atomic E-state index is 8.88. The largest absolute Gasteiger partial charge is 0.396 e. The maximum Gasteiger partial charge on any atom is 0.0662 e. The molecule has 3 nitrogen and oxygen atoms in total. The van der Waals surface area contributed by atoms with Crippen LogP contribution in [-0.4, -0.2) is 29.5 Å². The highest BCUT2D eigenvalue weighted by Crippen LogP contribution is 1.97. The molecule has 0 saturated carbocycles. The van der Waals surface area contributed by atoms with Gasteiger partial charge in [-0.2, -0.15) is 0 Å². The summed E-state index contributed by atoms with van der Waals surface area (Å²) in [5.41, 5.74) is 5.14. The Balaban J connectivity index is 2.88. The lowest BCUT2D eigenvalue weighted by atomic mass is 10.1. The number of rotatable bonds is 5. The van der Waals surface area contributed by atoms with Crippen LogP contribution in [0.1, 0.15) is 19.3 Å². The molecule has 4 N–H and O–H groups in total. The van der Waals surface area contributed by atoms with E-state index in [-0.39, 0.29) is 12.7 Å². The minimum absolute atomic E-state index is 0.206. The van der Waals surface area contributed by atoms with Crippen molar-refractivity contribution >= 4 is 0 Å². The van der Waals surface area contributed by atoms with Crippen LogP contribution in [0.3, 0.4) is 0 Å². The first kappa shape index (κ1) is 8.88. The monoisotopic (exact) mass is 133 g/mol. The van der Waals surface area contributed by atoms with Gasteiger partial charge in [0.2, 0.25) is 0 Å². The van der Waals surface area contributed by atoms with E-state index in [1.54, 1.807) is 0 Å². The van der Waals surface area contributed by atoms with Crippen molar-refractivity contribution in [2.24, 2.45) is 5.73 Å². The molecule has 0 aliphatic rings. The van der Waals surface area contributed by atoms with Crippen molar-refractivity contribution in [1.29, 1.82) is 0 Å². The first-order valence-electron chi connectivity index (χ1n) is 3.30. The highest BCUT2D eigenvalue weighted by Gasteiger charge is 1.98. The smallest absolute Gasteiger partial charge is 0.0662 e. The van der Waals surface area contributed by atoms with Crippen LogP contribution in [0, 0.1) is 0 Å². The lowest BCUT2D eigenvalue weighted by molar-refractivity contribution is 0.164. The van der Waals surface area contributed by atoms with Crippen LogP contribution in [0.2, 0.25) is 0 Å². The maximum absolute atomic E-state index is 8.88. The number of hydrogen-bond donors (Lipinski definition) is 3. The highest BCUT2D eigenvalue weighted by molar-refractivity contribution is 4.54. The highest BCUT2D eigenvalue weighted by atomic mass is 16.3. The molecular formula is C6H15NO2. The van der Waals surface area contributed by atoms with E-state index in [0.29, 0.717) is 13.0 Å². The van der Waals surface area contributed by atoms with Crippen molar-refractivity contribution < 1.29 is 10.2 Å². The average Bonchev–Trinajstić information content (AvgIpc) is 1.89. The van der Waals surface area contributed by atoms with Gasteiger partial charge in [0.25, 0.3) is 0 Å². The lowest BCUT2D eigenvalue weighted by Crippen LogP contribution is -2.19. The Hall–Kier alpha value is -0.120. The van der Waals surface area contributed by atoms with E-state index >= 15 is 0 Å². The molecule has 0 aromatic carbocycles. The van der Waals surface area contributed by atoms with Crippen LogP contribution in [0.25, 0.3) is 0 Å². The zero-order valence-corrected chi connectivity index (χ0v) is 5.58. The van der Waals surface area contributed by atoms with Gasteiger partial charge in [-0.15, -0.1) is 0 Å². The third kappa shape index (κ3) is 5.76. The predicted molar refractivity (Wildman–Crippen MR) is 36.0 cm³/mol. The van der Waals surface area contributed by atoms with Crippen molar-refractivity contribution in [3.05, 3.63) is 0 Å². The van der Waals surface area contributed by atoms with Crippen molar-refractivity contribution in [1.82, 2.24) is 0 Å². The summed E-state index contributed by atoms with van der Waals surface area (Å²) < 4.78 is 0. The molecule has 0 rings (SSSR count). The van der Waals surface area contributed by atoms with Crippen LogP contribution in [0.15, 0.2) is 0 Å². The Morgan fingerprint density at radius 1 is 1.33 bits per heavy atom. The summed E-state index contributed by atoms with van der Waals surface area (Å²) in [6.45, 7) is 0.530. The quantitative estimate of drug-likeness (QED) is 0.442. The Morgan fingerprint density at radius 2 is 2.00 bits per heavy atom. The summed E-state index contributed by atoms with van der Waals surface area (Å²) in [7, 11) is 0. The second-order valence-corrected chi connectivity index (χ2v) is 2.11. The third-order valence-corrected chi connectivity index (χ3v) is 1.22. The topological polar surface area (TPSA) is 66.5 Å². The minimum Gasteiger partial charge on any atom is -0.396 e. The number of aliphatic hydroxyl groups is 2. The van der Waals surface area contributed by atoms with Crippen molar-refractivity contribution in [2.45, 2.75) is 25.4 Å². The van der Waals surface area contributed by atoms with E-state index in [4.69, 9.17) is 15.9 Å². The number of hydrogen-bond acceptors (Lipinski definition) is 3. The Kier molecular flexibility index (Phi) is 5.93. The fourth-order valence-corrected chi connectivity index (χ4v) is 0.610. The van der Waals surface area contributed by atoms with E-state index in [2.05, 4.69) is 0 Å². The molecule has 1 atom stereocenters. The second-order valence-electron chi connectivity index (χ2n) is 2.11. The van der Waals surface area contributed by atoms with Crippen molar-refractivity contribution in [2.75, 3.05) is 13.2 Å². The molecule has 0 radical (unpaired) electrons. The van der Waals surface area contributed by atoms with Crippen LogP contribution < -0.4 is 5.73 Å². The second kappa shape index (κ2) is 6.01. The fourth-order valence-electron chi connectivity index (χ4n) is 0.610. The SMILES string of the molecule is NCC(O)CCCCO. The predicted octanol–water partition coefficient (Wildman–Crippen LogP) is -0.531. The van der Waals surface area contributed by atoms with Gasteiger partial charge in [0.15, 0.2) is 0 Å². The summed E-state index contributed by atoms with van der Waals surface area (Å²) in [4.78, 5) is 0. The standard InChI is InChI=1S/C6H15NO2/c7-5-6(9)3-1-2-4-8/h6,8-9H,1-5,7H2. The summed E-state index contributed by atoms with van der Waals surface area (Å²) in [6, 6.07) is 0. The summed E-state index contributed by atoms with van der Waals surface area (Å²) >= 11 is 0. The summed E-state index contributed by atoms with van der Waals surface area (Å²) in [6.07, 6.45) is 1.94. The van der Waals surface area contributed by atoms with Gasteiger partial charge in [-0.3, -0.25) is 0 Å². The molecule has 3 heteroatoms. The van der Waals surface area contributed by atoms with Crippen LogP contribution >= 0.6 is 0 Å².